The van der Waals surface area contributed by atoms with Gasteiger partial charge >= 0.3 is 12.1 Å². The largest absolute Gasteiger partial charge is 0.466 e. The molecule has 0 bridgehead atoms. The third kappa shape index (κ3) is 9.93. The second-order valence-electron chi connectivity index (χ2n) is 9.27. The van der Waals surface area contributed by atoms with Gasteiger partial charge in [0.1, 0.15) is 17.7 Å². The topological polar surface area (TPSA) is 114 Å². The lowest BCUT2D eigenvalue weighted by Crippen LogP contribution is -2.54. The molecule has 0 aliphatic heterocycles. The van der Waals surface area contributed by atoms with Gasteiger partial charge in [-0.3, -0.25) is 14.4 Å². The smallest absolute Gasteiger partial charge is 0.408 e. The van der Waals surface area contributed by atoms with Gasteiger partial charge in [-0.05, 0) is 52.7 Å². The number of thiol groups is 1. The van der Waals surface area contributed by atoms with Crippen molar-refractivity contribution in [3.05, 3.63) is 47.5 Å². The molecule has 0 spiro atoms. The number of aryl methyl sites for hydroxylation is 2. The molecule has 0 aromatic heterocycles. The zero-order chi connectivity index (χ0) is 27.5. The van der Waals surface area contributed by atoms with Gasteiger partial charge in [0.2, 0.25) is 11.8 Å². The van der Waals surface area contributed by atoms with Crippen molar-refractivity contribution in [3.63, 3.8) is 0 Å². The minimum atomic E-state index is -1.05. The molecular formula is C26H39N3O6S. The van der Waals surface area contributed by atoms with Crippen LogP contribution >= 0.6 is 12.6 Å². The summed E-state index contributed by atoms with van der Waals surface area (Å²) in [6.45, 7) is 14.6. The van der Waals surface area contributed by atoms with E-state index < -0.39 is 41.6 Å². The summed E-state index contributed by atoms with van der Waals surface area (Å²) < 4.78 is 10.2. The van der Waals surface area contributed by atoms with Gasteiger partial charge in [-0.25, -0.2) is 4.79 Å². The van der Waals surface area contributed by atoms with Crippen LogP contribution in [0, 0.1) is 13.8 Å². The molecule has 0 aliphatic rings. The number of nitrogens with zero attached hydrogens (tertiary/aromatic N) is 1. The van der Waals surface area contributed by atoms with Crippen molar-refractivity contribution in [1.82, 2.24) is 15.5 Å². The molecule has 0 saturated heterocycles. The average molecular weight is 522 g/mol. The van der Waals surface area contributed by atoms with E-state index in [1.54, 1.807) is 27.7 Å². The number of carbonyl (C=O) groups is 4. The van der Waals surface area contributed by atoms with E-state index in [1.807, 2.05) is 32.0 Å². The first kappa shape index (κ1) is 31.0. The van der Waals surface area contributed by atoms with Crippen molar-refractivity contribution in [2.75, 3.05) is 25.4 Å². The van der Waals surface area contributed by atoms with Gasteiger partial charge in [0, 0.05) is 18.8 Å². The Labute approximate surface area is 219 Å². The molecule has 2 N–H and O–H groups in total. The Bertz CT molecular complexity index is 944. The summed E-state index contributed by atoms with van der Waals surface area (Å²) in [5, 5.41) is 5.29. The third-order valence-corrected chi connectivity index (χ3v) is 5.37. The third-order valence-electron chi connectivity index (χ3n) is 5.00. The minimum absolute atomic E-state index is 0.00598. The summed E-state index contributed by atoms with van der Waals surface area (Å²) in [7, 11) is 0. The molecule has 10 heteroatoms. The molecule has 0 radical (unpaired) electrons. The van der Waals surface area contributed by atoms with Crippen LogP contribution < -0.4 is 10.6 Å². The fourth-order valence-corrected chi connectivity index (χ4v) is 3.67. The number of carbonyl (C=O) groups excluding carboxylic acids is 4. The predicted molar refractivity (Wildman–Crippen MR) is 142 cm³/mol. The Morgan fingerprint density at radius 1 is 1.19 bits per heavy atom. The molecule has 9 nitrogen and oxygen atoms in total. The Hall–Kier alpha value is -3.01. The number of alkyl carbamates (subject to hydrolysis) is 1. The highest BCUT2D eigenvalue weighted by atomic mass is 32.1. The lowest BCUT2D eigenvalue weighted by molar-refractivity contribution is -0.144. The van der Waals surface area contributed by atoms with E-state index in [0.29, 0.717) is 5.56 Å². The van der Waals surface area contributed by atoms with E-state index in [2.05, 4.69) is 29.8 Å². The fraction of sp³-hybridized carbons (Fsp3) is 0.538. The number of rotatable bonds is 12. The average Bonchev–Trinajstić information content (AvgIpc) is 2.78. The second kappa shape index (κ2) is 14.5. The molecule has 2 unspecified atom stereocenters. The van der Waals surface area contributed by atoms with E-state index in [0.717, 1.165) is 11.1 Å². The molecule has 0 saturated carbocycles. The van der Waals surface area contributed by atoms with Crippen molar-refractivity contribution in [2.45, 2.75) is 65.6 Å². The highest BCUT2D eigenvalue weighted by Gasteiger charge is 2.36. The quantitative estimate of drug-likeness (QED) is 0.221. The number of benzene rings is 1. The maximum Gasteiger partial charge on any atom is 0.408 e. The number of amides is 3. The summed E-state index contributed by atoms with van der Waals surface area (Å²) in [6.07, 6.45) is 0.731. The Morgan fingerprint density at radius 2 is 1.86 bits per heavy atom. The highest BCUT2D eigenvalue weighted by molar-refractivity contribution is 7.80. The van der Waals surface area contributed by atoms with E-state index in [4.69, 9.17) is 9.47 Å². The summed E-state index contributed by atoms with van der Waals surface area (Å²) >= 11 is 4.25. The summed E-state index contributed by atoms with van der Waals surface area (Å²) in [6, 6.07) is 3.53. The first-order valence-electron chi connectivity index (χ1n) is 11.9. The number of ether oxygens (including phenoxy) is 2. The van der Waals surface area contributed by atoms with E-state index in [-0.39, 0.29) is 31.9 Å². The van der Waals surface area contributed by atoms with Crippen molar-refractivity contribution in [1.29, 1.82) is 0 Å². The van der Waals surface area contributed by atoms with Gasteiger partial charge in [-0.1, -0.05) is 29.8 Å². The van der Waals surface area contributed by atoms with Gasteiger partial charge in [-0.2, -0.15) is 12.6 Å². The van der Waals surface area contributed by atoms with Crippen molar-refractivity contribution < 1.29 is 28.7 Å². The molecular weight excluding hydrogens is 482 g/mol. The molecule has 3 amide bonds. The van der Waals surface area contributed by atoms with Crippen LogP contribution in [-0.4, -0.2) is 65.9 Å². The predicted octanol–water partition coefficient (Wildman–Crippen LogP) is 3.25. The van der Waals surface area contributed by atoms with E-state index in [9.17, 15) is 19.2 Å². The molecule has 1 aromatic rings. The maximum atomic E-state index is 13.7. The lowest BCUT2D eigenvalue weighted by Gasteiger charge is -2.34. The molecule has 1 aromatic carbocycles. The number of hydrogen-bond donors (Lipinski definition) is 3. The van der Waals surface area contributed by atoms with Gasteiger partial charge in [-0.15, -0.1) is 6.58 Å². The van der Waals surface area contributed by atoms with E-state index in [1.165, 1.54) is 11.0 Å². The van der Waals surface area contributed by atoms with Crippen LogP contribution in [0.4, 0.5) is 4.79 Å². The second-order valence-corrected chi connectivity index (χ2v) is 9.63. The van der Waals surface area contributed by atoms with Crippen LogP contribution in [0.2, 0.25) is 0 Å². The van der Waals surface area contributed by atoms with Crippen molar-refractivity contribution in [3.8, 4) is 0 Å². The normalized spacial score (nSPS) is 12.6. The SMILES string of the molecule is C=CCN(C(=O)C(CS)NC(=O)OC(C)(C)C)C(C(=O)NCCC(=O)OCC)c1cc(C)ccc1C. The summed E-state index contributed by atoms with van der Waals surface area (Å²) in [4.78, 5) is 52.5. The zero-order valence-corrected chi connectivity index (χ0v) is 22.9. The molecule has 200 valence electrons. The lowest BCUT2D eigenvalue weighted by atomic mass is 9.96. The zero-order valence-electron chi connectivity index (χ0n) is 22.1. The van der Waals surface area contributed by atoms with Crippen LogP contribution in [0.1, 0.15) is 56.8 Å². The number of hydrogen-bond acceptors (Lipinski definition) is 7. The monoisotopic (exact) mass is 521 g/mol. The molecule has 36 heavy (non-hydrogen) atoms. The van der Waals surface area contributed by atoms with Crippen molar-refractivity contribution >= 4 is 36.5 Å². The van der Waals surface area contributed by atoms with Crippen molar-refractivity contribution in [2.24, 2.45) is 0 Å². The van der Waals surface area contributed by atoms with Crippen LogP contribution in [0.15, 0.2) is 30.9 Å². The van der Waals surface area contributed by atoms with Gasteiger partial charge in [0.25, 0.3) is 0 Å². The number of esters is 1. The molecule has 0 heterocycles. The van der Waals surface area contributed by atoms with E-state index >= 15 is 0 Å². The molecule has 0 aliphatic carbocycles. The van der Waals surface area contributed by atoms with Crippen LogP contribution in [0.25, 0.3) is 0 Å². The Balaban J connectivity index is 3.34. The fourth-order valence-electron chi connectivity index (χ4n) is 3.42. The van der Waals surface area contributed by atoms with Crippen LogP contribution in [0.5, 0.6) is 0 Å². The highest BCUT2D eigenvalue weighted by Crippen LogP contribution is 2.27. The molecule has 0 fully saturated rings. The Morgan fingerprint density at radius 3 is 2.42 bits per heavy atom. The molecule has 2 atom stereocenters. The number of nitrogens with one attached hydrogen (secondary N) is 2. The first-order chi connectivity index (χ1) is 16.8. The summed E-state index contributed by atoms with van der Waals surface area (Å²) in [5.41, 5.74) is 1.57. The van der Waals surface area contributed by atoms with Gasteiger partial charge in [0.05, 0.1) is 13.0 Å². The minimum Gasteiger partial charge on any atom is -0.466 e. The standard InChI is InChI=1S/C26H39N3O6S/c1-8-14-29(24(32)20(16-36)28-25(33)35-26(5,6)7)22(19-15-17(3)10-11-18(19)4)23(31)27-13-12-21(30)34-9-2/h8,10-11,15,20,22,36H,1,9,12-14,16H2,2-7H3,(H,27,31)(H,28,33). The van der Waals surface area contributed by atoms with Crippen LogP contribution in [0.3, 0.4) is 0 Å². The maximum absolute atomic E-state index is 13.7. The first-order valence-corrected chi connectivity index (χ1v) is 12.5. The van der Waals surface area contributed by atoms with Crippen LogP contribution in [-0.2, 0) is 23.9 Å². The molecule has 1 rings (SSSR count). The summed E-state index contributed by atoms with van der Waals surface area (Å²) in [5.74, 6) is -1.45. The van der Waals surface area contributed by atoms with Gasteiger partial charge in [0.15, 0.2) is 0 Å². The van der Waals surface area contributed by atoms with Gasteiger partial charge < -0.3 is 25.0 Å². The Kier molecular flexibility index (Phi) is 12.5.